The highest BCUT2D eigenvalue weighted by molar-refractivity contribution is 5.71. The van der Waals surface area contributed by atoms with Crippen molar-refractivity contribution in [3.05, 3.63) is 97.2 Å². The lowest BCUT2D eigenvalue weighted by atomic mass is 10.0. The highest BCUT2D eigenvalue weighted by Gasteiger charge is 2.19. The van der Waals surface area contributed by atoms with E-state index in [4.69, 9.17) is 14.2 Å². The van der Waals surface area contributed by atoms with Gasteiger partial charge >= 0.3 is 17.9 Å². The first-order valence-electron chi connectivity index (χ1n) is 30.7. The molecule has 0 rings (SSSR count). The molecule has 0 aliphatic carbocycles. The summed E-state index contributed by atoms with van der Waals surface area (Å²) in [5, 5.41) is 0. The Balaban J connectivity index is 4.30. The minimum atomic E-state index is -0.788. The van der Waals surface area contributed by atoms with Gasteiger partial charge in [-0.05, 0) is 96.3 Å². The van der Waals surface area contributed by atoms with E-state index in [1.165, 1.54) is 116 Å². The molecule has 0 N–H and O–H groups in total. The fourth-order valence-electron chi connectivity index (χ4n) is 8.48. The molecule has 6 nitrogen and oxygen atoms in total. The van der Waals surface area contributed by atoms with Crippen molar-refractivity contribution >= 4 is 17.9 Å². The van der Waals surface area contributed by atoms with E-state index < -0.39 is 6.10 Å². The molecule has 0 aromatic carbocycles. The Bertz CT molecular complexity index is 1440. The highest BCUT2D eigenvalue weighted by Crippen LogP contribution is 2.16. The maximum atomic E-state index is 12.9. The molecule has 418 valence electrons. The largest absolute Gasteiger partial charge is 0.462 e. The molecule has 0 aliphatic rings. The molecular weight excluding hydrogens is 901 g/mol. The third-order valence-electron chi connectivity index (χ3n) is 13.1. The quantitative estimate of drug-likeness (QED) is 0.0261. The second kappa shape index (κ2) is 60.9. The van der Waals surface area contributed by atoms with Gasteiger partial charge in [-0.25, -0.2) is 0 Å². The first-order valence-corrected chi connectivity index (χ1v) is 30.7. The van der Waals surface area contributed by atoms with Crippen LogP contribution in [0.25, 0.3) is 0 Å². The van der Waals surface area contributed by atoms with E-state index in [0.29, 0.717) is 19.3 Å². The van der Waals surface area contributed by atoms with Crippen molar-refractivity contribution in [2.75, 3.05) is 13.2 Å². The van der Waals surface area contributed by atoms with Crippen LogP contribution >= 0.6 is 0 Å². The molecule has 0 heterocycles. The smallest absolute Gasteiger partial charge is 0.306 e. The molecule has 0 aromatic heterocycles. The molecule has 6 heteroatoms. The molecule has 1 atom stereocenters. The number of carbonyl (C=O) groups excluding carboxylic acids is 3. The van der Waals surface area contributed by atoms with Gasteiger partial charge in [-0.3, -0.25) is 14.4 Å². The number of unbranched alkanes of at least 4 members (excludes halogenated alkanes) is 28. The number of rotatable bonds is 55. The molecule has 0 aromatic rings. The molecule has 0 aliphatic heterocycles. The molecule has 0 spiro atoms. The second-order valence-corrected chi connectivity index (χ2v) is 20.2. The van der Waals surface area contributed by atoms with Crippen molar-refractivity contribution in [3.8, 4) is 0 Å². The van der Waals surface area contributed by atoms with Crippen LogP contribution < -0.4 is 0 Å². The summed E-state index contributed by atoms with van der Waals surface area (Å²) in [7, 11) is 0. The van der Waals surface area contributed by atoms with Crippen LogP contribution in [0, 0.1) is 0 Å². The summed E-state index contributed by atoms with van der Waals surface area (Å²) in [5.74, 6) is -0.908. The van der Waals surface area contributed by atoms with Gasteiger partial charge in [-0.1, -0.05) is 272 Å². The Kier molecular flexibility index (Phi) is 57.8. The van der Waals surface area contributed by atoms with Crippen LogP contribution in [0.3, 0.4) is 0 Å². The first kappa shape index (κ1) is 69.3. The second-order valence-electron chi connectivity index (χ2n) is 20.2. The molecule has 0 bridgehead atoms. The van der Waals surface area contributed by atoms with Gasteiger partial charge in [0.2, 0.25) is 0 Å². The number of esters is 3. The summed E-state index contributed by atoms with van der Waals surface area (Å²) in [5.41, 5.74) is 0. The standard InChI is InChI=1S/C67H114O6/c1-4-7-10-13-16-19-22-24-26-28-30-31-32-33-34-35-36-37-38-40-41-43-45-48-51-54-57-60-66(69)72-63-64(62-71-65(68)59-56-53-50-47-21-18-15-12-9-6-3)73-67(70)61-58-55-52-49-46-44-42-39-29-27-25-23-20-17-14-11-8-5-2/h7,10,12,15-16,19,24,26,30-31,33-34,36-37,40-41,64H,4-6,8-9,11,13-14,17-18,20-23,25,27-29,32,35,38-39,42-63H2,1-3H3/b10-7-,15-12-,19-16-,26-24-,31-30-,34-33-,37-36-,41-40-. The van der Waals surface area contributed by atoms with Gasteiger partial charge in [0.1, 0.15) is 13.2 Å². The van der Waals surface area contributed by atoms with Crippen molar-refractivity contribution in [2.45, 2.75) is 297 Å². The molecule has 0 saturated heterocycles. The zero-order chi connectivity index (χ0) is 52.9. The highest BCUT2D eigenvalue weighted by atomic mass is 16.6. The molecule has 0 amide bonds. The summed E-state index contributed by atoms with van der Waals surface area (Å²) >= 11 is 0. The topological polar surface area (TPSA) is 78.9 Å². The molecule has 0 saturated carbocycles. The molecule has 0 radical (unpaired) electrons. The number of hydrogen-bond acceptors (Lipinski definition) is 6. The van der Waals surface area contributed by atoms with Crippen molar-refractivity contribution < 1.29 is 28.6 Å². The van der Waals surface area contributed by atoms with E-state index >= 15 is 0 Å². The molecule has 73 heavy (non-hydrogen) atoms. The van der Waals surface area contributed by atoms with Gasteiger partial charge in [0.25, 0.3) is 0 Å². The number of ether oxygens (including phenoxy) is 3. The lowest BCUT2D eigenvalue weighted by Gasteiger charge is -2.18. The monoisotopic (exact) mass is 1010 g/mol. The average molecular weight is 1020 g/mol. The van der Waals surface area contributed by atoms with E-state index in [1.54, 1.807) is 0 Å². The van der Waals surface area contributed by atoms with E-state index in [9.17, 15) is 14.4 Å². The summed E-state index contributed by atoms with van der Waals surface area (Å²) in [4.78, 5) is 38.2. The lowest BCUT2D eigenvalue weighted by Crippen LogP contribution is -2.30. The Morgan fingerprint density at radius 2 is 0.562 bits per heavy atom. The van der Waals surface area contributed by atoms with Gasteiger partial charge < -0.3 is 14.2 Å². The average Bonchev–Trinajstić information content (AvgIpc) is 3.39. The van der Waals surface area contributed by atoms with E-state index in [-0.39, 0.29) is 31.1 Å². The van der Waals surface area contributed by atoms with Crippen molar-refractivity contribution in [3.63, 3.8) is 0 Å². The van der Waals surface area contributed by atoms with Crippen LogP contribution in [-0.2, 0) is 28.6 Å². The minimum Gasteiger partial charge on any atom is -0.462 e. The number of hydrogen-bond donors (Lipinski definition) is 0. The predicted octanol–water partition coefficient (Wildman–Crippen LogP) is 20.9. The summed E-state index contributed by atoms with van der Waals surface area (Å²) < 4.78 is 16.9. The normalized spacial score (nSPS) is 12.8. The third kappa shape index (κ3) is 59.1. The van der Waals surface area contributed by atoms with Crippen molar-refractivity contribution in [1.29, 1.82) is 0 Å². The number of allylic oxidation sites excluding steroid dienone is 16. The Morgan fingerprint density at radius 3 is 0.904 bits per heavy atom. The third-order valence-corrected chi connectivity index (χ3v) is 13.1. The predicted molar refractivity (Wildman–Crippen MR) is 316 cm³/mol. The Labute approximate surface area is 451 Å². The van der Waals surface area contributed by atoms with Crippen LogP contribution in [0.1, 0.15) is 290 Å². The Morgan fingerprint density at radius 1 is 0.288 bits per heavy atom. The van der Waals surface area contributed by atoms with Crippen molar-refractivity contribution in [2.24, 2.45) is 0 Å². The molecule has 0 fully saturated rings. The zero-order valence-electron chi connectivity index (χ0n) is 47.9. The first-order chi connectivity index (χ1) is 36.0. The van der Waals surface area contributed by atoms with E-state index in [1.807, 2.05) is 0 Å². The van der Waals surface area contributed by atoms with Gasteiger partial charge in [-0.15, -0.1) is 0 Å². The van der Waals surface area contributed by atoms with Crippen LogP contribution in [0.4, 0.5) is 0 Å². The minimum absolute atomic E-state index is 0.0864. The van der Waals surface area contributed by atoms with E-state index in [2.05, 4.69) is 118 Å². The lowest BCUT2D eigenvalue weighted by molar-refractivity contribution is -0.167. The summed E-state index contributed by atoms with van der Waals surface area (Å²) in [6, 6.07) is 0. The van der Waals surface area contributed by atoms with E-state index in [0.717, 1.165) is 135 Å². The van der Waals surface area contributed by atoms with Crippen LogP contribution in [0.2, 0.25) is 0 Å². The van der Waals surface area contributed by atoms with Crippen LogP contribution in [-0.4, -0.2) is 37.2 Å². The van der Waals surface area contributed by atoms with Gasteiger partial charge in [-0.2, -0.15) is 0 Å². The maximum absolute atomic E-state index is 12.9. The SMILES string of the molecule is CC/C=C\C/C=C\C/C=C\C/C=C\C/C=C\C/C=C\C/C=C\CCCCCCCC(=O)OCC(COC(=O)CCCCCCC/C=C\CCC)OC(=O)CCCCCCCCCCCCCCCCCCCC. The van der Waals surface area contributed by atoms with Crippen molar-refractivity contribution in [1.82, 2.24) is 0 Å². The van der Waals surface area contributed by atoms with Gasteiger partial charge in [0, 0.05) is 19.3 Å². The van der Waals surface area contributed by atoms with Crippen LogP contribution in [0.15, 0.2) is 97.2 Å². The Hall–Kier alpha value is -3.67. The number of carbonyl (C=O) groups is 3. The van der Waals surface area contributed by atoms with Crippen LogP contribution in [0.5, 0.6) is 0 Å². The fourth-order valence-corrected chi connectivity index (χ4v) is 8.48. The molecule has 1 unspecified atom stereocenters. The summed E-state index contributed by atoms with van der Waals surface area (Å²) in [6.07, 6.45) is 81.3. The summed E-state index contributed by atoms with van der Waals surface area (Å²) in [6.45, 7) is 6.46. The zero-order valence-corrected chi connectivity index (χ0v) is 47.9. The van der Waals surface area contributed by atoms with Gasteiger partial charge in [0.05, 0.1) is 0 Å². The maximum Gasteiger partial charge on any atom is 0.306 e. The molecular formula is C67H114O6. The fraction of sp³-hybridized carbons (Fsp3) is 0.716. The van der Waals surface area contributed by atoms with Gasteiger partial charge in [0.15, 0.2) is 6.10 Å².